The predicted octanol–water partition coefficient (Wildman–Crippen LogP) is 3.76. The highest BCUT2D eigenvalue weighted by molar-refractivity contribution is 14.0. The number of halogens is 2. The van der Waals surface area contributed by atoms with Gasteiger partial charge in [-0.25, -0.2) is 9.37 Å². The Kier molecular flexibility index (Phi) is 9.35. The maximum atomic E-state index is 14.6. The Morgan fingerprint density at radius 2 is 2.14 bits per heavy atom. The topological polar surface area (TPSA) is 54.7 Å². The first-order valence-corrected chi connectivity index (χ1v) is 9.86. The summed E-state index contributed by atoms with van der Waals surface area (Å²) in [6.07, 6.45) is 6.85. The smallest absolute Gasteiger partial charge is 0.193 e. The molecule has 1 N–H and O–H groups in total. The minimum atomic E-state index is -0.261. The summed E-state index contributed by atoms with van der Waals surface area (Å²) in [5, 5.41) is 3.33. The van der Waals surface area contributed by atoms with Gasteiger partial charge in [-0.15, -0.1) is 24.0 Å². The van der Waals surface area contributed by atoms with E-state index in [1.165, 1.54) is 0 Å². The summed E-state index contributed by atoms with van der Waals surface area (Å²) >= 11 is 0. The quantitative estimate of drug-likeness (QED) is 0.362. The van der Waals surface area contributed by atoms with Gasteiger partial charge in [0.2, 0.25) is 0 Å². The number of nitrogens with one attached hydrogen (secondary N) is 1. The summed E-state index contributed by atoms with van der Waals surface area (Å²) in [5.74, 6) is 2.05. The first kappa shape index (κ1) is 23.6. The molecule has 2 aromatic rings. The summed E-state index contributed by atoms with van der Waals surface area (Å²) in [7, 11) is 3.82. The Morgan fingerprint density at radius 3 is 2.76 bits per heavy atom. The van der Waals surface area contributed by atoms with Gasteiger partial charge in [-0.2, -0.15) is 0 Å². The van der Waals surface area contributed by atoms with Crippen molar-refractivity contribution in [2.24, 2.45) is 10.9 Å². The van der Waals surface area contributed by atoms with Crippen LogP contribution in [0.3, 0.4) is 0 Å². The Hall–Kier alpha value is -1.68. The van der Waals surface area contributed by atoms with Gasteiger partial charge < -0.3 is 19.5 Å². The average molecular weight is 515 g/mol. The predicted molar refractivity (Wildman–Crippen MR) is 125 cm³/mol. The van der Waals surface area contributed by atoms with E-state index in [1.807, 2.05) is 20.0 Å². The summed E-state index contributed by atoms with van der Waals surface area (Å²) in [6.45, 7) is 5.07. The molecular weight excluding hydrogens is 484 g/mol. The normalized spacial score (nSPS) is 15.1. The standard InChI is InChI=1S/C21H30FN5O.HI/c1-16-24-9-11-27(16)20-5-4-18(14-19(20)22)15-25-21(23-2)26(3)10-6-17-7-12-28-13-8-17;/h4-5,9,11,14,17H,6-8,10,12-13,15H2,1-3H3,(H,23,25);1H. The van der Waals surface area contributed by atoms with Crippen molar-refractivity contribution >= 4 is 29.9 Å². The maximum absolute atomic E-state index is 14.6. The lowest BCUT2D eigenvalue weighted by Crippen LogP contribution is -2.39. The molecule has 3 rings (SSSR count). The third kappa shape index (κ3) is 6.40. The van der Waals surface area contributed by atoms with Crippen LogP contribution in [-0.2, 0) is 11.3 Å². The van der Waals surface area contributed by atoms with Crippen molar-refractivity contribution in [3.8, 4) is 5.69 Å². The fourth-order valence-electron chi connectivity index (χ4n) is 3.57. The summed E-state index contributed by atoms with van der Waals surface area (Å²) < 4.78 is 21.7. The summed E-state index contributed by atoms with van der Waals surface area (Å²) in [5.41, 5.74) is 1.38. The second-order valence-electron chi connectivity index (χ2n) is 7.30. The molecule has 0 bridgehead atoms. The third-order valence-corrected chi connectivity index (χ3v) is 5.34. The van der Waals surface area contributed by atoms with E-state index in [9.17, 15) is 4.39 Å². The molecule has 0 spiro atoms. The van der Waals surface area contributed by atoms with Crippen LogP contribution >= 0.6 is 24.0 Å². The molecule has 1 fully saturated rings. The zero-order valence-corrected chi connectivity index (χ0v) is 19.7. The minimum Gasteiger partial charge on any atom is -0.381 e. The highest BCUT2D eigenvalue weighted by Crippen LogP contribution is 2.19. The van der Waals surface area contributed by atoms with E-state index < -0.39 is 0 Å². The summed E-state index contributed by atoms with van der Waals surface area (Å²) in [6, 6.07) is 5.29. The molecule has 0 saturated carbocycles. The van der Waals surface area contributed by atoms with Crippen molar-refractivity contribution < 1.29 is 9.13 Å². The Bertz CT molecular complexity index is 804. The number of benzene rings is 1. The number of guanidine groups is 1. The molecule has 29 heavy (non-hydrogen) atoms. The number of ether oxygens (including phenoxy) is 1. The van der Waals surface area contributed by atoms with Gasteiger partial charge in [0.25, 0.3) is 0 Å². The minimum absolute atomic E-state index is 0. The van der Waals surface area contributed by atoms with Crippen molar-refractivity contribution in [3.05, 3.63) is 47.8 Å². The number of hydrogen-bond acceptors (Lipinski definition) is 3. The van der Waals surface area contributed by atoms with Crippen LogP contribution in [0.4, 0.5) is 4.39 Å². The first-order valence-electron chi connectivity index (χ1n) is 9.86. The molecule has 0 radical (unpaired) electrons. The van der Waals surface area contributed by atoms with Gasteiger partial charge >= 0.3 is 0 Å². The fraction of sp³-hybridized carbons (Fsp3) is 0.524. The van der Waals surface area contributed by atoms with Crippen LogP contribution in [0.2, 0.25) is 0 Å². The molecule has 8 heteroatoms. The van der Waals surface area contributed by atoms with Gasteiger partial charge in [0.1, 0.15) is 11.6 Å². The van der Waals surface area contributed by atoms with Gasteiger partial charge in [0.05, 0.1) is 5.69 Å². The van der Waals surface area contributed by atoms with E-state index >= 15 is 0 Å². The van der Waals surface area contributed by atoms with Gasteiger partial charge in [0, 0.05) is 52.8 Å². The molecule has 2 heterocycles. The van der Waals surface area contributed by atoms with Crippen LogP contribution in [0.15, 0.2) is 35.6 Å². The van der Waals surface area contributed by atoms with E-state index in [4.69, 9.17) is 4.74 Å². The number of aryl methyl sites for hydroxylation is 1. The van der Waals surface area contributed by atoms with Crippen molar-refractivity contribution in [1.82, 2.24) is 19.8 Å². The lowest BCUT2D eigenvalue weighted by molar-refractivity contribution is 0.0625. The molecule has 0 amide bonds. The zero-order chi connectivity index (χ0) is 19.9. The molecule has 1 aliphatic rings. The largest absolute Gasteiger partial charge is 0.381 e. The Morgan fingerprint density at radius 1 is 1.38 bits per heavy atom. The average Bonchev–Trinajstić information content (AvgIpc) is 3.13. The van der Waals surface area contributed by atoms with E-state index in [1.54, 1.807) is 36.1 Å². The number of imidazole rings is 1. The number of aromatic nitrogens is 2. The molecule has 1 aliphatic heterocycles. The van der Waals surface area contributed by atoms with E-state index in [2.05, 4.69) is 20.2 Å². The number of nitrogens with zero attached hydrogens (tertiary/aromatic N) is 4. The Labute approximate surface area is 189 Å². The van der Waals surface area contributed by atoms with Crippen molar-refractivity contribution in [2.75, 3.05) is 33.9 Å². The lowest BCUT2D eigenvalue weighted by Gasteiger charge is -2.27. The van der Waals surface area contributed by atoms with Crippen molar-refractivity contribution in [2.45, 2.75) is 32.7 Å². The molecule has 1 saturated heterocycles. The first-order chi connectivity index (χ1) is 13.6. The van der Waals surface area contributed by atoms with Crippen LogP contribution in [-0.4, -0.2) is 54.3 Å². The van der Waals surface area contributed by atoms with Gasteiger partial charge in [0.15, 0.2) is 5.96 Å². The second-order valence-corrected chi connectivity index (χ2v) is 7.30. The highest BCUT2D eigenvalue weighted by Gasteiger charge is 2.15. The van der Waals surface area contributed by atoms with Gasteiger partial charge in [-0.3, -0.25) is 4.99 Å². The van der Waals surface area contributed by atoms with Crippen LogP contribution in [0.25, 0.3) is 5.69 Å². The van der Waals surface area contributed by atoms with Crippen LogP contribution < -0.4 is 5.32 Å². The number of aliphatic imine (C=N–C) groups is 1. The second kappa shape index (κ2) is 11.5. The fourth-order valence-corrected chi connectivity index (χ4v) is 3.57. The van der Waals surface area contributed by atoms with E-state index in [-0.39, 0.29) is 29.8 Å². The molecule has 0 aliphatic carbocycles. The van der Waals surface area contributed by atoms with Gasteiger partial charge in [-0.1, -0.05) is 6.07 Å². The van der Waals surface area contributed by atoms with Crippen molar-refractivity contribution in [3.63, 3.8) is 0 Å². The maximum Gasteiger partial charge on any atom is 0.193 e. The molecule has 0 unspecified atom stereocenters. The van der Waals surface area contributed by atoms with Crippen LogP contribution in [0.5, 0.6) is 0 Å². The van der Waals surface area contributed by atoms with Crippen LogP contribution in [0.1, 0.15) is 30.7 Å². The zero-order valence-electron chi connectivity index (χ0n) is 17.4. The number of hydrogen-bond donors (Lipinski definition) is 1. The molecule has 0 atom stereocenters. The van der Waals surface area contributed by atoms with E-state index in [0.717, 1.165) is 62.3 Å². The molecule has 1 aromatic carbocycles. The Balaban J connectivity index is 0.00000300. The van der Waals surface area contributed by atoms with Crippen LogP contribution in [0, 0.1) is 18.7 Å². The van der Waals surface area contributed by atoms with Crippen molar-refractivity contribution in [1.29, 1.82) is 0 Å². The highest BCUT2D eigenvalue weighted by atomic mass is 127. The lowest BCUT2D eigenvalue weighted by atomic mass is 9.96. The van der Waals surface area contributed by atoms with Gasteiger partial charge in [-0.05, 0) is 49.8 Å². The summed E-state index contributed by atoms with van der Waals surface area (Å²) in [4.78, 5) is 10.6. The molecular formula is C21H31FIN5O. The third-order valence-electron chi connectivity index (χ3n) is 5.34. The monoisotopic (exact) mass is 515 g/mol. The SMILES string of the molecule is CN=C(NCc1ccc(-n2ccnc2C)c(F)c1)N(C)CCC1CCOCC1.I. The molecule has 160 valence electrons. The number of rotatable bonds is 6. The molecule has 6 nitrogen and oxygen atoms in total. The van der Waals surface area contributed by atoms with E-state index in [0.29, 0.717) is 12.2 Å². The molecule has 1 aromatic heterocycles.